The van der Waals surface area contributed by atoms with Crippen molar-refractivity contribution in [1.82, 2.24) is 10.2 Å². The molecule has 5 nitrogen and oxygen atoms in total. The monoisotopic (exact) mass is 359 g/mol. The van der Waals surface area contributed by atoms with Gasteiger partial charge in [0.1, 0.15) is 5.75 Å². The molecule has 0 aromatic heterocycles. The first-order valence-electron chi connectivity index (χ1n) is 9.88. The summed E-state index contributed by atoms with van der Waals surface area (Å²) in [6.45, 7) is 10.5. The zero-order chi connectivity index (χ0) is 18.7. The minimum Gasteiger partial charge on any atom is -0.497 e. The number of rotatable bonds is 5. The topological polar surface area (TPSA) is 44.8 Å². The number of likely N-dealkylation sites (tertiary alicyclic amines) is 1. The number of piperidine rings is 1. The second-order valence-electron chi connectivity index (χ2n) is 8.09. The van der Waals surface area contributed by atoms with E-state index in [0.717, 1.165) is 31.9 Å². The Labute approximate surface area is 157 Å². The molecule has 1 aromatic rings. The van der Waals surface area contributed by atoms with Crippen molar-refractivity contribution in [3.8, 4) is 5.75 Å². The van der Waals surface area contributed by atoms with Gasteiger partial charge in [-0.3, -0.25) is 9.69 Å². The fourth-order valence-electron chi connectivity index (χ4n) is 4.53. The van der Waals surface area contributed by atoms with Crippen LogP contribution in [0.25, 0.3) is 0 Å². The Balaban J connectivity index is 1.56. The van der Waals surface area contributed by atoms with Crippen molar-refractivity contribution in [1.29, 1.82) is 0 Å². The second-order valence-corrected chi connectivity index (χ2v) is 8.09. The van der Waals surface area contributed by atoms with Gasteiger partial charge in [-0.25, -0.2) is 0 Å². The molecule has 0 unspecified atom stereocenters. The molecule has 1 N–H and O–H groups in total. The largest absolute Gasteiger partial charge is 0.497 e. The zero-order valence-electron chi connectivity index (χ0n) is 16.6. The summed E-state index contributed by atoms with van der Waals surface area (Å²) in [7, 11) is 1.70. The number of nitrogens with one attached hydrogen (secondary N) is 1. The van der Waals surface area contributed by atoms with E-state index in [1.54, 1.807) is 14.0 Å². The molecular weight excluding hydrogens is 326 g/mol. The van der Waals surface area contributed by atoms with Crippen LogP contribution in [0.15, 0.2) is 24.3 Å². The van der Waals surface area contributed by atoms with Crippen LogP contribution < -0.4 is 15.0 Å². The average Bonchev–Trinajstić information content (AvgIpc) is 3.05. The van der Waals surface area contributed by atoms with Crippen molar-refractivity contribution < 1.29 is 9.53 Å². The van der Waals surface area contributed by atoms with Gasteiger partial charge >= 0.3 is 0 Å². The molecular formula is C21H33N3O2. The van der Waals surface area contributed by atoms with Crippen LogP contribution in [0, 0.1) is 11.8 Å². The Hall–Kier alpha value is -1.75. The highest BCUT2D eigenvalue weighted by Gasteiger charge is 2.38. The lowest BCUT2D eigenvalue weighted by Crippen LogP contribution is -2.45. The molecule has 0 saturated carbocycles. The Bertz CT molecular complexity index is 594. The summed E-state index contributed by atoms with van der Waals surface area (Å²) >= 11 is 0. The molecule has 2 heterocycles. The second kappa shape index (κ2) is 8.30. The molecule has 5 heteroatoms. The maximum Gasteiger partial charge on any atom is 0.217 e. The van der Waals surface area contributed by atoms with Crippen molar-refractivity contribution in [2.24, 2.45) is 11.8 Å². The van der Waals surface area contributed by atoms with E-state index in [0.29, 0.717) is 23.9 Å². The van der Waals surface area contributed by atoms with E-state index in [9.17, 15) is 4.79 Å². The summed E-state index contributed by atoms with van der Waals surface area (Å²) in [6.07, 6.45) is 2.37. The Morgan fingerprint density at radius 2 is 1.81 bits per heavy atom. The number of carbonyl (C=O) groups excluding carboxylic acids is 1. The third-order valence-corrected chi connectivity index (χ3v) is 6.06. The van der Waals surface area contributed by atoms with Gasteiger partial charge in [0.25, 0.3) is 0 Å². The summed E-state index contributed by atoms with van der Waals surface area (Å²) in [5, 5.41) is 3.18. The van der Waals surface area contributed by atoms with Crippen LogP contribution in [0.2, 0.25) is 0 Å². The summed E-state index contributed by atoms with van der Waals surface area (Å²) in [6, 6.07) is 9.30. The first kappa shape index (κ1) is 19.0. The number of methoxy groups -OCH3 is 1. The molecule has 26 heavy (non-hydrogen) atoms. The molecule has 2 atom stereocenters. The standard InChI is InChI=1S/C21H33N3O2/c1-15(2)20-13-24(14-21(20)22-16(3)25)18-9-11-23(12-10-18)17-5-7-19(26-4)8-6-17/h5-8,15,18,20-21H,9-14H2,1-4H3,(H,22,25)/t20-,21+/m1/s1. The van der Waals surface area contributed by atoms with Crippen LogP contribution in [-0.2, 0) is 4.79 Å². The number of ether oxygens (including phenoxy) is 1. The molecule has 2 aliphatic heterocycles. The van der Waals surface area contributed by atoms with Crippen molar-refractivity contribution in [3.05, 3.63) is 24.3 Å². The molecule has 1 amide bonds. The number of hydrogen-bond acceptors (Lipinski definition) is 4. The van der Waals surface area contributed by atoms with Crippen LogP contribution in [0.4, 0.5) is 5.69 Å². The van der Waals surface area contributed by atoms with E-state index in [1.807, 2.05) is 12.1 Å². The summed E-state index contributed by atoms with van der Waals surface area (Å²) in [4.78, 5) is 16.6. The van der Waals surface area contributed by atoms with Crippen LogP contribution in [-0.4, -0.2) is 56.2 Å². The number of nitrogens with zero attached hydrogens (tertiary/aromatic N) is 2. The molecule has 2 aliphatic rings. The van der Waals surface area contributed by atoms with Gasteiger partial charge in [0, 0.05) is 50.9 Å². The molecule has 2 saturated heterocycles. The van der Waals surface area contributed by atoms with Crippen LogP contribution in [0.1, 0.15) is 33.6 Å². The van der Waals surface area contributed by atoms with Gasteiger partial charge < -0.3 is 15.0 Å². The van der Waals surface area contributed by atoms with Crippen LogP contribution in [0.3, 0.4) is 0 Å². The predicted molar refractivity (Wildman–Crippen MR) is 106 cm³/mol. The van der Waals surface area contributed by atoms with Gasteiger partial charge in [-0.2, -0.15) is 0 Å². The van der Waals surface area contributed by atoms with Crippen LogP contribution in [0.5, 0.6) is 5.75 Å². The lowest BCUT2D eigenvalue weighted by atomic mass is 9.91. The molecule has 0 radical (unpaired) electrons. The Morgan fingerprint density at radius 1 is 1.15 bits per heavy atom. The van der Waals surface area contributed by atoms with E-state index < -0.39 is 0 Å². The molecule has 0 aliphatic carbocycles. The highest BCUT2D eigenvalue weighted by molar-refractivity contribution is 5.73. The lowest BCUT2D eigenvalue weighted by Gasteiger charge is -2.38. The van der Waals surface area contributed by atoms with E-state index in [1.165, 1.54) is 18.5 Å². The fraction of sp³-hybridized carbons (Fsp3) is 0.667. The van der Waals surface area contributed by atoms with E-state index in [2.05, 4.69) is 41.1 Å². The summed E-state index contributed by atoms with van der Waals surface area (Å²) in [5.74, 6) is 2.15. The van der Waals surface area contributed by atoms with Crippen LogP contribution >= 0.6 is 0 Å². The SMILES string of the molecule is COc1ccc(N2CCC(N3C[C@H](NC(C)=O)[C@@H](C(C)C)C3)CC2)cc1. The Morgan fingerprint density at radius 3 is 2.35 bits per heavy atom. The van der Waals surface area contributed by atoms with Crippen molar-refractivity contribution in [2.75, 3.05) is 38.2 Å². The van der Waals surface area contributed by atoms with Crippen molar-refractivity contribution in [3.63, 3.8) is 0 Å². The number of amides is 1. The van der Waals surface area contributed by atoms with Gasteiger partial charge in [0.2, 0.25) is 5.91 Å². The van der Waals surface area contributed by atoms with Gasteiger partial charge in [-0.05, 0) is 48.9 Å². The smallest absolute Gasteiger partial charge is 0.217 e. The number of anilines is 1. The lowest BCUT2D eigenvalue weighted by molar-refractivity contribution is -0.119. The van der Waals surface area contributed by atoms with Gasteiger partial charge in [-0.15, -0.1) is 0 Å². The van der Waals surface area contributed by atoms with Gasteiger partial charge in [-0.1, -0.05) is 13.8 Å². The zero-order valence-corrected chi connectivity index (χ0v) is 16.6. The quantitative estimate of drug-likeness (QED) is 0.878. The first-order chi connectivity index (χ1) is 12.5. The molecule has 1 aromatic carbocycles. The van der Waals surface area contributed by atoms with Gasteiger partial charge in [0.15, 0.2) is 0 Å². The molecule has 2 fully saturated rings. The van der Waals surface area contributed by atoms with Crippen molar-refractivity contribution >= 4 is 11.6 Å². The molecule has 144 valence electrons. The van der Waals surface area contributed by atoms with E-state index in [-0.39, 0.29) is 5.91 Å². The third-order valence-electron chi connectivity index (χ3n) is 6.06. The highest BCUT2D eigenvalue weighted by Crippen LogP contribution is 2.30. The predicted octanol–water partition coefficient (Wildman–Crippen LogP) is 2.76. The minimum absolute atomic E-state index is 0.0943. The van der Waals surface area contributed by atoms with E-state index >= 15 is 0 Å². The van der Waals surface area contributed by atoms with Gasteiger partial charge in [0.05, 0.1) is 7.11 Å². The summed E-state index contributed by atoms with van der Waals surface area (Å²) < 4.78 is 5.25. The van der Waals surface area contributed by atoms with Crippen molar-refractivity contribution in [2.45, 2.75) is 45.7 Å². The highest BCUT2D eigenvalue weighted by atomic mass is 16.5. The number of carbonyl (C=O) groups is 1. The molecule has 3 rings (SSSR count). The normalized spacial score (nSPS) is 24.9. The minimum atomic E-state index is 0.0943. The average molecular weight is 360 g/mol. The molecule has 0 spiro atoms. The Kier molecular flexibility index (Phi) is 6.07. The maximum absolute atomic E-state index is 11.6. The van der Waals surface area contributed by atoms with E-state index in [4.69, 9.17) is 4.74 Å². The third kappa shape index (κ3) is 4.32. The molecule has 0 bridgehead atoms. The maximum atomic E-state index is 11.6. The number of benzene rings is 1. The first-order valence-corrected chi connectivity index (χ1v) is 9.88. The fourth-order valence-corrected chi connectivity index (χ4v) is 4.53. The summed E-state index contributed by atoms with van der Waals surface area (Å²) in [5.41, 5.74) is 1.28. The number of hydrogen-bond donors (Lipinski definition) is 1.